The molecule has 2 amide bonds. The van der Waals surface area contributed by atoms with Crippen molar-refractivity contribution in [1.29, 1.82) is 0 Å². The van der Waals surface area contributed by atoms with Gasteiger partial charge in [-0.15, -0.1) is 0 Å². The number of amides is 2. The fourth-order valence-corrected chi connectivity index (χ4v) is 5.64. The third-order valence-corrected chi connectivity index (χ3v) is 7.89. The quantitative estimate of drug-likeness (QED) is 0.458. The van der Waals surface area contributed by atoms with Crippen LogP contribution in [0.3, 0.4) is 0 Å². The van der Waals surface area contributed by atoms with E-state index in [-0.39, 0.29) is 16.5 Å². The number of anilines is 2. The number of benzene rings is 3. The maximum atomic E-state index is 13.6. The third-order valence-electron chi connectivity index (χ3n) is 6.10. The molecule has 0 saturated carbocycles. The van der Waals surface area contributed by atoms with E-state index in [0.717, 1.165) is 17.1 Å². The van der Waals surface area contributed by atoms with Gasteiger partial charge >= 0.3 is 0 Å². The zero-order chi connectivity index (χ0) is 26.4. The molecule has 1 fully saturated rings. The van der Waals surface area contributed by atoms with Crippen molar-refractivity contribution in [2.24, 2.45) is 0 Å². The maximum absolute atomic E-state index is 13.6. The number of carbonyl (C=O) groups is 2. The number of hydrogen-bond acceptors (Lipinski definition) is 6. The molecule has 0 aromatic heterocycles. The average Bonchev–Trinajstić information content (AvgIpc) is 3.47. The molecule has 0 bridgehead atoms. The lowest BCUT2D eigenvalue weighted by Crippen LogP contribution is -2.38. The summed E-state index contributed by atoms with van der Waals surface area (Å²) in [6, 6.07) is 19.2. The van der Waals surface area contributed by atoms with Gasteiger partial charge in [0.25, 0.3) is 15.9 Å². The summed E-state index contributed by atoms with van der Waals surface area (Å²) in [6.45, 7) is 0.811. The summed E-state index contributed by atoms with van der Waals surface area (Å²) in [5.41, 5.74) is 0.910. The van der Waals surface area contributed by atoms with Gasteiger partial charge in [-0.25, -0.2) is 8.42 Å². The molecule has 9 nitrogen and oxygen atoms in total. The highest BCUT2D eigenvalue weighted by atomic mass is 32.2. The van der Waals surface area contributed by atoms with Crippen LogP contribution in [0, 0.1) is 0 Å². The number of rotatable bonds is 9. The van der Waals surface area contributed by atoms with Crippen molar-refractivity contribution in [3.05, 3.63) is 78.4 Å². The molecule has 0 unspecified atom stereocenters. The van der Waals surface area contributed by atoms with Crippen molar-refractivity contribution in [3.8, 4) is 11.5 Å². The summed E-state index contributed by atoms with van der Waals surface area (Å²) < 4.78 is 38.9. The van der Waals surface area contributed by atoms with Gasteiger partial charge in [-0.2, -0.15) is 0 Å². The zero-order valence-electron chi connectivity index (χ0n) is 20.7. The number of ether oxygens (including phenoxy) is 2. The van der Waals surface area contributed by atoms with Gasteiger partial charge < -0.3 is 19.7 Å². The van der Waals surface area contributed by atoms with Crippen LogP contribution >= 0.6 is 0 Å². The van der Waals surface area contributed by atoms with E-state index in [4.69, 9.17) is 9.47 Å². The van der Waals surface area contributed by atoms with E-state index < -0.39 is 22.5 Å². The molecule has 10 heteroatoms. The normalized spacial score (nSPS) is 13.2. The first kappa shape index (κ1) is 26.0. The molecule has 0 spiro atoms. The Morgan fingerprint density at radius 3 is 2.22 bits per heavy atom. The fourth-order valence-electron chi connectivity index (χ4n) is 4.20. The highest BCUT2D eigenvalue weighted by Gasteiger charge is 2.29. The number of methoxy groups -OCH3 is 2. The molecule has 0 radical (unpaired) electrons. The van der Waals surface area contributed by atoms with Crippen molar-refractivity contribution >= 4 is 33.2 Å². The SMILES string of the molecule is COc1ccc(N(CC(=O)Nc2ccccc2C(=O)N2CCCC2)S(=O)(=O)c2ccccc2)cc1OC. The Labute approximate surface area is 216 Å². The molecule has 1 aliphatic heterocycles. The minimum Gasteiger partial charge on any atom is -0.493 e. The second kappa shape index (κ2) is 11.3. The molecule has 37 heavy (non-hydrogen) atoms. The van der Waals surface area contributed by atoms with Gasteiger partial charge in [0.2, 0.25) is 5.91 Å². The van der Waals surface area contributed by atoms with Crippen molar-refractivity contribution in [1.82, 2.24) is 4.90 Å². The summed E-state index contributed by atoms with van der Waals surface area (Å²) in [5.74, 6) is -0.0321. The van der Waals surface area contributed by atoms with Crippen LogP contribution in [0.15, 0.2) is 77.7 Å². The first-order valence-corrected chi connectivity index (χ1v) is 13.3. The smallest absolute Gasteiger partial charge is 0.264 e. The van der Waals surface area contributed by atoms with Gasteiger partial charge in [0, 0.05) is 19.2 Å². The van der Waals surface area contributed by atoms with Crippen LogP contribution in [0.5, 0.6) is 11.5 Å². The molecule has 3 aromatic carbocycles. The van der Waals surface area contributed by atoms with E-state index in [1.165, 1.54) is 32.4 Å². The van der Waals surface area contributed by atoms with E-state index >= 15 is 0 Å². The van der Waals surface area contributed by atoms with Crippen molar-refractivity contribution in [2.45, 2.75) is 17.7 Å². The second-order valence-corrected chi connectivity index (χ2v) is 10.3. The third kappa shape index (κ3) is 5.69. The molecule has 1 N–H and O–H groups in total. The van der Waals surface area contributed by atoms with E-state index in [1.807, 2.05) is 0 Å². The van der Waals surface area contributed by atoms with E-state index in [1.54, 1.807) is 59.5 Å². The molecule has 3 aromatic rings. The Morgan fingerprint density at radius 2 is 1.54 bits per heavy atom. The molecule has 0 atom stereocenters. The number of nitrogens with one attached hydrogen (secondary N) is 1. The second-order valence-electron chi connectivity index (χ2n) is 8.46. The van der Waals surface area contributed by atoms with Crippen LogP contribution in [-0.4, -0.2) is 59.0 Å². The topological polar surface area (TPSA) is 105 Å². The number of hydrogen-bond donors (Lipinski definition) is 1. The minimum absolute atomic E-state index is 0.0298. The summed E-state index contributed by atoms with van der Waals surface area (Å²) in [6.07, 6.45) is 1.88. The highest BCUT2D eigenvalue weighted by Crippen LogP contribution is 2.34. The van der Waals surface area contributed by atoms with Crippen LogP contribution < -0.4 is 19.1 Å². The lowest BCUT2D eigenvalue weighted by atomic mass is 10.1. The number of carbonyl (C=O) groups excluding carboxylic acids is 2. The van der Waals surface area contributed by atoms with Gasteiger partial charge in [0.1, 0.15) is 6.54 Å². The maximum Gasteiger partial charge on any atom is 0.264 e. The fraction of sp³-hybridized carbons (Fsp3) is 0.259. The zero-order valence-corrected chi connectivity index (χ0v) is 21.5. The molecular weight excluding hydrogens is 494 g/mol. The van der Waals surface area contributed by atoms with Gasteiger partial charge in [-0.3, -0.25) is 13.9 Å². The first-order valence-electron chi connectivity index (χ1n) is 11.8. The number of nitrogens with zero attached hydrogens (tertiary/aromatic N) is 2. The van der Waals surface area contributed by atoms with Crippen LogP contribution in [0.25, 0.3) is 0 Å². The van der Waals surface area contributed by atoms with Gasteiger partial charge in [-0.1, -0.05) is 30.3 Å². The number of sulfonamides is 1. The van der Waals surface area contributed by atoms with Gasteiger partial charge in [-0.05, 0) is 49.2 Å². The molecule has 1 heterocycles. The Kier molecular flexibility index (Phi) is 7.98. The minimum atomic E-state index is -4.12. The monoisotopic (exact) mass is 523 g/mol. The standard InChI is InChI=1S/C27H29N3O6S/c1-35-24-15-14-20(18-25(24)36-2)30(37(33,34)21-10-4-3-5-11-21)19-26(31)28-23-13-7-6-12-22(23)27(32)29-16-8-9-17-29/h3-7,10-15,18H,8-9,16-17,19H2,1-2H3,(H,28,31). The van der Waals surface area contributed by atoms with E-state index in [0.29, 0.717) is 35.8 Å². The van der Waals surface area contributed by atoms with Gasteiger partial charge in [0.05, 0.1) is 36.1 Å². The molecule has 194 valence electrons. The predicted molar refractivity (Wildman–Crippen MR) is 141 cm³/mol. The van der Waals surface area contributed by atoms with Crippen LogP contribution in [0.4, 0.5) is 11.4 Å². The Balaban J connectivity index is 1.66. The first-order chi connectivity index (χ1) is 17.8. The van der Waals surface area contributed by atoms with Crippen LogP contribution in [-0.2, 0) is 14.8 Å². The molecule has 1 saturated heterocycles. The predicted octanol–water partition coefficient (Wildman–Crippen LogP) is 3.77. The molecular formula is C27H29N3O6S. The lowest BCUT2D eigenvalue weighted by Gasteiger charge is -2.25. The molecule has 4 rings (SSSR count). The summed E-state index contributed by atoms with van der Waals surface area (Å²) in [5, 5.41) is 2.74. The summed E-state index contributed by atoms with van der Waals surface area (Å²) >= 11 is 0. The Hall–Kier alpha value is -4.05. The lowest BCUT2D eigenvalue weighted by molar-refractivity contribution is -0.114. The summed E-state index contributed by atoms with van der Waals surface area (Å²) in [4.78, 5) is 28.0. The molecule has 0 aliphatic carbocycles. The van der Waals surface area contributed by atoms with E-state index in [9.17, 15) is 18.0 Å². The van der Waals surface area contributed by atoms with Crippen molar-refractivity contribution < 1.29 is 27.5 Å². The number of likely N-dealkylation sites (tertiary alicyclic amines) is 1. The Bertz CT molecular complexity index is 1370. The summed E-state index contributed by atoms with van der Waals surface area (Å²) in [7, 11) is -1.20. The van der Waals surface area contributed by atoms with Crippen molar-refractivity contribution in [2.75, 3.05) is 43.5 Å². The number of para-hydroxylation sites is 1. The van der Waals surface area contributed by atoms with Crippen molar-refractivity contribution in [3.63, 3.8) is 0 Å². The molecule has 1 aliphatic rings. The van der Waals surface area contributed by atoms with Crippen LogP contribution in [0.1, 0.15) is 23.2 Å². The van der Waals surface area contributed by atoms with E-state index in [2.05, 4.69) is 5.32 Å². The van der Waals surface area contributed by atoms with Gasteiger partial charge in [0.15, 0.2) is 11.5 Å². The van der Waals surface area contributed by atoms with Crippen LogP contribution in [0.2, 0.25) is 0 Å². The average molecular weight is 524 g/mol. The largest absolute Gasteiger partial charge is 0.493 e. The Morgan fingerprint density at radius 1 is 0.892 bits per heavy atom. The highest BCUT2D eigenvalue weighted by molar-refractivity contribution is 7.92.